The second kappa shape index (κ2) is 3.03. The molecule has 0 aliphatic rings. The fourth-order valence-electron chi connectivity index (χ4n) is 0.790. The highest BCUT2D eigenvalue weighted by Crippen LogP contribution is 2.11. The van der Waals surface area contributed by atoms with Crippen molar-refractivity contribution in [2.75, 3.05) is 6.61 Å². The van der Waals surface area contributed by atoms with Crippen LogP contribution >= 0.6 is 11.6 Å². The van der Waals surface area contributed by atoms with Gasteiger partial charge in [0.1, 0.15) is 11.0 Å². The summed E-state index contributed by atoms with van der Waals surface area (Å²) < 4.78 is 0. The first-order chi connectivity index (χ1) is 4.74. The van der Waals surface area contributed by atoms with Crippen LogP contribution in [0.5, 0.6) is 0 Å². The van der Waals surface area contributed by atoms with Gasteiger partial charge in [-0.05, 0) is 6.92 Å². The zero-order chi connectivity index (χ0) is 7.56. The van der Waals surface area contributed by atoms with Gasteiger partial charge >= 0.3 is 0 Å². The number of halogens is 1. The number of nitrogens with zero attached hydrogens (tertiary/aromatic N) is 1. The molecular weight excluding hydrogens is 152 g/mol. The van der Waals surface area contributed by atoms with Gasteiger partial charge in [-0.2, -0.15) is 0 Å². The Morgan fingerprint density at radius 3 is 2.80 bits per heavy atom. The fraction of sp³-hybridized carbons (Fsp3) is 0.500. The molecular formula is C6H9ClN2O. The first-order valence-corrected chi connectivity index (χ1v) is 3.43. The van der Waals surface area contributed by atoms with Crippen LogP contribution < -0.4 is 0 Å². The lowest BCUT2D eigenvalue weighted by Gasteiger charge is -1.90. The van der Waals surface area contributed by atoms with Gasteiger partial charge in [0.05, 0.1) is 5.69 Å². The highest BCUT2D eigenvalue weighted by atomic mass is 35.5. The second-order valence-electron chi connectivity index (χ2n) is 2.07. The van der Waals surface area contributed by atoms with Crippen molar-refractivity contribution in [1.29, 1.82) is 0 Å². The first-order valence-electron chi connectivity index (χ1n) is 3.06. The Bertz CT molecular complexity index is 222. The molecule has 1 heterocycles. The lowest BCUT2D eigenvalue weighted by molar-refractivity contribution is 0.298. The van der Waals surface area contributed by atoms with Gasteiger partial charge < -0.3 is 10.1 Å². The van der Waals surface area contributed by atoms with E-state index >= 15 is 0 Å². The average molecular weight is 161 g/mol. The van der Waals surface area contributed by atoms with Gasteiger partial charge in [-0.1, -0.05) is 11.6 Å². The number of aliphatic hydroxyl groups is 1. The number of aliphatic hydroxyl groups excluding tert-OH is 1. The van der Waals surface area contributed by atoms with E-state index in [9.17, 15) is 0 Å². The molecule has 0 bridgehead atoms. The molecule has 2 N–H and O–H groups in total. The number of aromatic nitrogens is 2. The maximum absolute atomic E-state index is 8.55. The fourth-order valence-corrected chi connectivity index (χ4v) is 1.06. The van der Waals surface area contributed by atoms with Crippen LogP contribution in [0.25, 0.3) is 0 Å². The first kappa shape index (κ1) is 7.57. The summed E-state index contributed by atoms with van der Waals surface area (Å²) >= 11 is 5.67. The van der Waals surface area contributed by atoms with Gasteiger partial charge in [0, 0.05) is 13.0 Å². The zero-order valence-electron chi connectivity index (χ0n) is 5.69. The Balaban J connectivity index is 2.81. The summed E-state index contributed by atoms with van der Waals surface area (Å²) in [6, 6.07) is 0. The Morgan fingerprint density at radius 1 is 1.70 bits per heavy atom. The summed E-state index contributed by atoms with van der Waals surface area (Å²) in [5.74, 6) is 0.786. The molecule has 10 heavy (non-hydrogen) atoms. The van der Waals surface area contributed by atoms with E-state index in [4.69, 9.17) is 16.7 Å². The van der Waals surface area contributed by atoms with Gasteiger partial charge in [-0.3, -0.25) is 0 Å². The number of imidazole rings is 1. The van der Waals surface area contributed by atoms with Gasteiger partial charge in [-0.25, -0.2) is 4.98 Å². The van der Waals surface area contributed by atoms with Crippen molar-refractivity contribution in [2.24, 2.45) is 0 Å². The lowest BCUT2D eigenvalue weighted by Crippen LogP contribution is -1.90. The zero-order valence-corrected chi connectivity index (χ0v) is 6.44. The van der Waals surface area contributed by atoms with Crippen molar-refractivity contribution >= 4 is 11.6 Å². The predicted octanol–water partition coefficient (Wildman–Crippen LogP) is 0.906. The largest absolute Gasteiger partial charge is 0.396 e. The number of aryl methyl sites for hydroxylation is 1. The Morgan fingerprint density at radius 2 is 2.40 bits per heavy atom. The summed E-state index contributed by atoms with van der Waals surface area (Å²) in [5.41, 5.74) is 0.807. The van der Waals surface area contributed by atoms with Crippen molar-refractivity contribution in [2.45, 2.75) is 13.3 Å². The number of hydrogen-bond donors (Lipinski definition) is 2. The number of H-pyrrole nitrogens is 1. The van der Waals surface area contributed by atoms with Crippen LogP contribution in [0.1, 0.15) is 11.5 Å². The third-order valence-corrected chi connectivity index (χ3v) is 1.52. The molecule has 0 saturated carbocycles. The minimum atomic E-state index is 0.0986. The highest BCUT2D eigenvalue weighted by Gasteiger charge is 2.02. The molecule has 3 nitrogen and oxygen atoms in total. The molecule has 0 atom stereocenters. The maximum atomic E-state index is 8.55. The van der Waals surface area contributed by atoms with E-state index in [2.05, 4.69) is 9.97 Å². The SMILES string of the molecule is Cc1nc(Cl)c(CCO)[nH]1. The van der Waals surface area contributed by atoms with Crippen LogP contribution in [0, 0.1) is 6.92 Å². The van der Waals surface area contributed by atoms with E-state index in [1.807, 2.05) is 6.92 Å². The maximum Gasteiger partial charge on any atom is 0.150 e. The van der Waals surface area contributed by atoms with Gasteiger partial charge in [-0.15, -0.1) is 0 Å². The monoisotopic (exact) mass is 160 g/mol. The lowest BCUT2D eigenvalue weighted by atomic mass is 10.3. The third kappa shape index (κ3) is 1.49. The van der Waals surface area contributed by atoms with Crippen LogP contribution in [0.3, 0.4) is 0 Å². The molecule has 1 aromatic heterocycles. The molecule has 0 spiro atoms. The van der Waals surface area contributed by atoms with Crippen molar-refractivity contribution in [3.8, 4) is 0 Å². The van der Waals surface area contributed by atoms with Gasteiger partial charge in [0.15, 0.2) is 0 Å². The standard InChI is InChI=1S/C6H9ClN2O/c1-4-8-5(2-3-10)6(7)9-4/h10H,2-3H2,1H3,(H,8,9). The van der Waals surface area contributed by atoms with Crippen LogP contribution in [0.2, 0.25) is 5.15 Å². The van der Waals surface area contributed by atoms with E-state index in [0.717, 1.165) is 11.5 Å². The summed E-state index contributed by atoms with van der Waals surface area (Å²) in [6.07, 6.45) is 0.541. The number of aromatic amines is 1. The van der Waals surface area contributed by atoms with Crippen molar-refractivity contribution in [3.05, 3.63) is 16.7 Å². The minimum absolute atomic E-state index is 0.0986. The molecule has 0 unspecified atom stereocenters. The second-order valence-corrected chi connectivity index (χ2v) is 2.42. The predicted molar refractivity (Wildman–Crippen MR) is 39.1 cm³/mol. The van der Waals surface area contributed by atoms with E-state index in [1.165, 1.54) is 0 Å². The molecule has 0 aromatic carbocycles. The van der Waals surface area contributed by atoms with Crippen LogP contribution in [-0.2, 0) is 6.42 Å². The van der Waals surface area contributed by atoms with Crippen molar-refractivity contribution in [1.82, 2.24) is 9.97 Å². The molecule has 0 radical (unpaired) electrons. The van der Waals surface area contributed by atoms with E-state index in [1.54, 1.807) is 0 Å². The molecule has 4 heteroatoms. The number of hydrogen-bond acceptors (Lipinski definition) is 2. The third-order valence-electron chi connectivity index (χ3n) is 1.21. The average Bonchev–Trinajstić information content (AvgIpc) is 2.13. The van der Waals surface area contributed by atoms with Crippen LogP contribution in [0.4, 0.5) is 0 Å². The minimum Gasteiger partial charge on any atom is -0.396 e. The summed E-state index contributed by atoms with van der Waals surface area (Å²) in [5, 5.41) is 9.01. The molecule has 0 fully saturated rings. The summed E-state index contributed by atoms with van der Waals surface area (Å²) in [6.45, 7) is 1.92. The van der Waals surface area contributed by atoms with Gasteiger partial charge in [0.25, 0.3) is 0 Å². The molecule has 0 aliphatic carbocycles. The Hall–Kier alpha value is -0.540. The highest BCUT2D eigenvalue weighted by molar-refractivity contribution is 6.30. The Labute approximate surface area is 64.1 Å². The topological polar surface area (TPSA) is 48.9 Å². The number of rotatable bonds is 2. The quantitative estimate of drug-likeness (QED) is 0.676. The van der Waals surface area contributed by atoms with E-state index < -0.39 is 0 Å². The van der Waals surface area contributed by atoms with Gasteiger partial charge in [0.2, 0.25) is 0 Å². The van der Waals surface area contributed by atoms with E-state index in [0.29, 0.717) is 11.6 Å². The smallest absolute Gasteiger partial charge is 0.150 e. The van der Waals surface area contributed by atoms with Crippen molar-refractivity contribution in [3.63, 3.8) is 0 Å². The van der Waals surface area contributed by atoms with Crippen molar-refractivity contribution < 1.29 is 5.11 Å². The Kier molecular flexibility index (Phi) is 2.29. The summed E-state index contributed by atoms with van der Waals surface area (Å²) in [4.78, 5) is 6.87. The molecule has 1 rings (SSSR count). The molecule has 0 aliphatic heterocycles. The molecule has 56 valence electrons. The molecule has 0 amide bonds. The van der Waals surface area contributed by atoms with E-state index in [-0.39, 0.29) is 6.61 Å². The van der Waals surface area contributed by atoms with Crippen LogP contribution in [0.15, 0.2) is 0 Å². The summed E-state index contributed by atoms with van der Waals surface area (Å²) in [7, 11) is 0. The molecule has 1 aromatic rings. The number of nitrogens with one attached hydrogen (secondary N) is 1. The molecule has 0 saturated heterocycles. The normalized spacial score (nSPS) is 10.3. The van der Waals surface area contributed by atoms with Crippen LogP contribution in [-0.4, -0.2) is 21.7 Å².